The largest absolute Gasteiger partial charge is 0.507 e. The number of para-hydroxylation sites is 2. The molecule has 0 bridgehead atoms. The van der Waals surface area contributed by atoms with E-state index in [1.54, 1.807) is 0 Å². The summed E-state index contributed by atoms with van der Waals surface area (Å²) in [6.07, 6.45) is 0.676. The summed E-state index contributed by atoms with van der Waals surface area (Å²) in [6, 6.07) is 42.1. The summed E-state index contributed by atoms with van der Waals surface area (Å²) in [4.78, 5) is 0. The van der Waals surface area contributed by atoms with Crippen LogP contribution in [-0.2, 0) is 11.8 Å². The molecule has 0 amide bonds. The van der Waals surface area contributed by atoms with E-state index in [1.165, 1.54) is 0 Å². The standard InChI is InChI=1S/C44H31NO3/c1-3-25-29-21-23-35-43(39(29)28-13-5-7-15-31(28)41(25)47)48-42-34(22-20-26-24(2)40(46)30-14-6-4-12-27(30)38(26)42)44(35)32-16-8-10-18-36(32)45-37-19-11-9-17-33(37)44/h4-23,45-47H,3H2,1-2H3. The molecular weight excluding hydrogens is 590 g/mol. The van der Waals surface area contributed by atoms with Crippen LogP contribution in [0.5, 0.6) is 23.0 Å². The molecule has 2 aliphatic rings. The molecule has 0 radical (unpaired) electrons. The molecule has 0 aliphatic carbocycles. The number of ether oxygens (including phenoxy) is 1. The van der Waals surface area contributed by atoms with Crippen LogP contribution in [0.25, 0.3) is 43.1 Å². The fourth-order valence-corrected chi connectivity index (χ4v) is 8.82. The van der Waals surface area contributed by atoms with E-state index in [0.717, 1.165) is 99.3 Å². The molecule has 0 saturated carbocycles. The van der Waals surface area contributed by atoms with Crippen molar-refractivity contribution in [3.63, 3.8) is 0 Å². The molecule has 230 valence electrons. The lowest BCUT2D eigenvalue weighted by Gasteiger charge is -2.46. The van der Waals surface area contributed by atoms with Crippen molar-refractivity contribution in [2.75, 3.05) is 5.32 Å². The summed E-state index contributed by atoms with van der Waals surface area (Å²) < 4.78 is 7.43. The van der Waals surface area contributed by atoms with Crippen LogP contribution in [0, 0.1) is 6.92 Å². The number of hydrogen-bond acceptors (Lipinski definition) is 4. The molecule has 10 rings (SSSR count). The van der Waals surface area contributed by atoms with Gasteiger partial charge in [0.15, 0.2) is 0 Å². The Labute approximate surface area is 277 Å². The van der Waals surface area contributed by atoms with Gasteiger partial charge in [0, 0.05) is 49.6 Å². The van der Waals surface area contributed by atoms with Gasteiger partial charge in [0.1, 0.15) is 23.0 Å². The van der Waals surface area contributed by atoms with Crippen molar-refractivity contribution in [1.29, 1.82) is 0 Å². The molecule has 0 fully saturated rings. The van der Waals surface area contributed by atoms with Crippen molar-refractivity contribution in [2.24, 2.45) is 0 Å². The molecule has 4 heteroatoms. The van der Waals surface area contributed by atoms with Crippen molar-refractivity contribution in [1.82, 2.24) is 0 Å². The van der Waals surface area contributed by atoms with Gasteiger partial charge in [-0.25, -0.2) is 0 Å². The van der Waals surface area contributed by atoms with E-state index < -0.39 is 5.41 Å². The monoisotopic (exact) mass is 621 g/mol. The second-order valence-electron chi connectivity index (χ2n) is 13.0. The number of rotatable bonds is 1. The second kappa shape index (κ2) is 9.52. The molecule has 4 nitrogen and oxygen atoms in total. The molecule has 0 saturated heterocycles. The number of phenols is 2. The Morgan fingerprint density at radius 3 is 1.58 bits per heavy atom. The van der Waals surface area contributed by atoms with Crippen molar-refractivity contribution in [2.45, 2.75) is 25.7 Å². The molecular formula is C44H31NO3. The third kappa shape index (κ3) is 3.19. The summed E-state index contributed by atoms with van der Waals surface area (Å²) in [5.41, 5.74) is 7.49. The highest BCUT2D eigenvalue weighted by Gasteiger charge is 2.50. The van der Waals surface area contributed by atoms with Crippen LogP contribution in [0.1, 0.15) is 40.3 Å². The molecule has 8 aromatic rings. The third-order valence-electron chi connectivity index (χ3n) is 10.9. The number of benzene rings is 8. The van der Waals surface area contributed by atoms with Crippen LogP contribution in [0.4, 0.5) is 11.4 Å². The average molecular weight is 622 g/mol. The van der Waals surface area contributed by atoms with E-state index in [4.69, 9.17) is 4.74 Å². The van der Waals surface area contributed by atoms with Gasteiger partial charge in [-0.05, 0) is 63.7 Å². The lowest BCUT2D eigenvalue weighted by molar-refractivity contribution is 0.445. The van der Waals surface area contributed by atoms with Gasteiger partial charge in [0.2, 0.25) is 0 Å². The predicted molar refractivity (Wildman–Crippen MR) is 196 cm³/mol. The molecule has 48 heavy (non-hydrogen) atoms. The first-order chi connectivity index (χ1) is 23.5. The molecule has 3 N–H and O–H groups in total. The van der Waals surface area contributed by atoms with E-state index in [1.807, 2.05) is 43.3 Å². The summed E-state index contributed by atoms with van der Waals surface area (Å²) >= 11 is 0. The van der Waals surface area contributed by atoms with Crippen molar-refractivity contribution < 1.29 is 14.9 Å². The summed E-state index contributed by atoms with van der Waals surface area (Å²) in [6.45, 7) is 4.08. The first-order valence-electron chi connectivity index (χ1n) is 16.5. The Hall–Kier alpha value is -6.00. The molecule has 2 aliphatic heterocycles. The molecule has 0 unspecified atom stereocenters. The second-order valence-corrected chi connectivity index (χ2v) is 13.0. The van der Waals surface area contributed by atoms with Crippen LogP contribution in [0.15, 0.2) is 121 Å². The number of hydrogen-bond donors (Lipinski definition) is 3. The predicted octanol–water partition coefficient (Wildman–Crippen LogP) is 11.1. The minimum Gasteiger partial charge on any atom is -0.507 e. The molecule has 2 heterocycles. The Morgan fingerprint density at radius 2 is 1.00 bits per heavy atom. The Bertz CT molecular complexity index is 2660. The minimum absolute atomic E-state index is 0.293. The van der Waals surface area contributed by atoms with Crippen LogP contribution in [0.3, 0.4) is 0 Å². The quantitative estimate of drug-likeness (QED) is 0.160. The van der Waals surface area contributed by atoms with E-state index in [-0.39, 0.29) is 0 Å². The van der Waals surface area contributed by atoms with Crippen molar-refractivity contribution in [3.8, 4) is 23.0 Å². The van der Waals surface area contributed by atoms with Crippen molar-refractivity contribution >= 4 is 54.5 Å². The maximum atomic E-state index is 11.6. The average Bonchev–Trinajstić information content (AvgIpc) is 3.13. The summed E-state index contributed by atoms with van der Waals surface area (Å²) in [5.74, 6) is 2.20. The normalized spacial score (nSPS) is 14.0. The fraction of sp³-hybridized carbons (Fsp3) is 0.0909. The summed E-state index contributed by atoms with van der Waals surface area (Å²) in [7, 11) is 0. The van der Waals surface area contributed by atoms with Gasteiger partial charge in [0.05, 0.1) is 5.41 Å². The lowest BCUT2D eigenvalue weighted by atomic mass is 9.61. The van der Waals surface area contributed by atoms with E-state index in [0.29, 0.717) is 17.9 Å². The van der Waals surface area contributed by atoms with Gasteiger partial charge < -0.3 is 20.3 Å². The van der Waals surface area contributed by atoms with E-state index in [2.05, 4.69) is 97.2 Å². The molecule has 8 aromatic carbocycles. The highest BCUT2D eigenvalue weighted by Crippen LogP contribution is 2.63. The first kappa shape index (κ1) is 27.1. The number of nitrogens with one attached hydrogen (secondary N) is 1. The zero-order chi connectivity index (χ0) is 32.3. The Balaban J connectivity index is 1.50. The van der Waals surface area contributed by atoms with Gasteiger partial charge in [-0.1, -0.05) is 116 Å². The number of phenolic OH excluding ortho intramolecular Hbond substituents is 2. The highest BCUT2D eigenvalue weighted by atomic mass is 16.5. The van der Waals surface area contributed by atoms with E-state index >= 15 is 0 Å². The van der Waals surface area contributed by atoms with Gasteiger partial charge in [-0.3, -0.25) is 0 Å². The third-order valence-corrected chi connectivity index (χ3v) is 10.9. The Morgan fingerprint density at radius 1 is 0.521 bits per heavy atom. The van der Waals surface area contributed by atoms with Crippen LogP contribution < -0.4 is 10.1 Å². The van der Waals surface area contributed by atoms with Crippen LogP contribution >= 0.6 is 0 Å². The molecule has 0 atom stereocenters. The number of aryl methyl sites for hydroxylation is 2. The van der Waals surface area contributed by atoms with Crippen molar-refractivity contribution in [3.05, 3.63) is 155 Å². The fourth-order valence-electron chi connectivity index (χ4n) is 8.82. The molecule has 0 aromatic heterocycles. The number of anilines is 2. The SMILES string of the molecule is CCc1c(O)c2ccccc2c2c3c(ccc12)C1(c2ccccc2Nc2ccccc21)c1ccc2c(C)c(O)c4ccccc4c2c1O3. The highest BCUT2D eigenvalue weighted by molar-refractivity contribution is 6.18. The maximum absolute atomic E-state index is 11.6. The van der Waals surface area contributed by atoms with Gasteiger partial charge >= 0.3 is 0 Å². The van der Waals surface area contributed by atoms with Crippen LogP contribution in [-0.4, -0.2) is 10.2 Å². The van der Waals surface area contributed by atoms with Gasteiger partial charge in [0.25, 0.3) is 0 Å². The topological polar surface area (TPSA) is 61.7 Å². The zero-order valence-electron chi connectivity index (χ0n) is 26.6. The Kier molecular flexibility index (Phi) is 5.38. The first-order valence-corrected chi connectivity index (χ1v) is 16.5. The number of fused-ring (bicyclic) bond motifs is 16. The van der Waals surface area contributed by atoms with Gasteiger partial charge in [-0.2, -0.15) is 0 Å². The number of aromatic hydroxyl groups is 2. The molecule has 1 spiro atoms. The van der Waals surface area contributed by atoms with Crippen LogP contribution in [0.2, 0.25) is 0 Å². The summed E-state index contributed by atoms with van der Waals surface area (Å²) in [5, 5.41) is 34.1. The maximum Gasteiger partial charge on any atom is 0.140 e. The zero-order valence-corrected chi connectivity index (χ0v) is 26.6. The van der Waals surface area contributed by atoms with E-state index in [9.17, 15) is 10.2 Å². The smallest absolute Gasteiger partial charge is 0.140 e. The minimum atomic E-state index is -0.734. The van der Waals surface area contributed by atoms with Gasteiger partial charge in [-0.15, -0.1) is 0 Å². The lowest BCUT2D eigenvalue weighted by Crippen LogP contribution is -2.37.